The number of urea groups is 1. The minimum atomic E-state index is 0.123. The summed E-state index contributed by atoms with van der Waals surface area (Å²) >= 11 is 0. The number of fused-ring (bicyclic) bond motifs is 1. The van der Waals surface area contributed by atoms with Gasteiger partial charge in [0.05, 0.1) is 13.2 Å². The van der Waals surface area contributed by atoms with Gasteiger partial charge in [-0.1, -0.05) is 0 Å². The Morgan fingerprint density at radius 3 is 2.71 bits per heavy atom. The summed E-state index contributed by atoms with van der Waals surface area (Å²) in [5.41, 5.74) is 0.148. The van der Waals surface area contributed by atoms with E-state index in [9.17, 15) is 4.79 Å². The smallest absolute Gasteiger partial charge is 0.319 e. The zero-order chi connectivity index (χ0) is 12.6. The van der Waals surface area contributed by atoms with Crippen LogP contribution in [0.2, 0.25) is 0 Å². The third kappa shape index (κ3) is 2.26. The number of carbonyl (C=O) groups is 1. The molecule has 0 saturated carbocycles. The first kappa shape index (κ1) is 12.6. The fourth-order valence-corrected chi connectivity index (χ4v) is 3.11. The van der Waals surface area contributed by atoms with Gasteiger partial charge < -0.3 is 19.4 Å². The average molecular weight is 241 g/mol. The third-order valence-corrected chi connectivity index (χ3v) is 3.81. The van der Waals surface area contributed by atoms with Crippen molar-refractivity contribution in [2.75, 3.05) is 61.0 Å². The van der Waals surface area contributed by atoms with Crippen LogP contribution in [-0.2, 0) is 4.74 Å². The molecular formula is C12H23N3O2. The Hall–Kier alpha value is -0.810. The number of nitrogens with zero attached hydrogens (tertiary/aromatic N) is 3. The Kier molecular flexibility index (Phi) is 3.32. The summed E-state index contributed by atoms with van der Waals surface area (Å²) in [6.07, 6.45) is 0. The fourth-order valence-electron chi connectivity index (χ4n) is 3.11. The van der Waals surface area contributed by atoms with Gasteiger partial charge in [-0.2, -0.15) is 0 Å². The van der Waals surface area contributed by atoms with E-state index >= 15 is 0 Å². The van der Waals surface area contributed by atoms with E-state index in [0.717, 1.165) is 32.8 Å². The maximum Gasteiger partial charge on any atom is 0.319 e. The number of hydrogen-bond acceptors (Lipinski definition) is 3. The first-order valence-corrected chi connectivity index (χ1v) is 6.13. The normalized spacial score (nSPS) is 32.1. The highest BCUT2D eigenvalue weighted by Crippen LogP contribution is 2.41. The lowest BCUT2D eigenvalue weighted by molar-refractivity contribution is 0.110. The predicted molar refractivity (Wildman–Crippen MR) is 66.0 cm³/mol. The van der Waals surface area contributed by atoms with Crippen molar-refractivity contribution in [1.29, 1.82) is 0 Å². The van der Waals surface area contributed by atoms with Crippen molar-refractivity contribution in [1.82, 2.24) is 14.7 Å². The molecule has 2 fully saturated rings. The molecule has 98 valence electrons. The van der Waals surface area contributed by atoms with Crippen molar-refractivity contribution in [3.05, 3.63) is 0 Å². The van der Waals surface area contributed by atoms with Crippen LogP contribution in [0.4, 0.5) is 4.79 Å². The number of amides is 2. The molecule has 0 unspecified atom stereocenters. The van der Waals surface area contributed by atoms with Crippen LogP contribution in [-0.4, -0.2) is 81.8 Å². The van der Waals surface area contributed by atoms with Crippen LogP contribution in [0.3, 0.4) is 0 Å². The molecule has 0 aromatic rings. The molecule has 2 saturated heterocycles. The predicted octanol–water partition coefficient (Wildman–Crippen LogP) is 0.178. The minimum absolute atomic E-state index is 0.123. The van der Waals surface area contributed by atoms with Crippen LogP contribution in [0.25, 0.3) is 0 Å². The van der Waals surface area contributed by atoms with E-state index in [2.05, 4.69) is 19.0 Å². The zero-order valence-electron chi connectivity index (χ0n) is 11.3. The summed E-state index contributed by atoms with van der Waals surface area (Å²) in [5.74, 6) is 0.494. The lowest BCUT2D eigenvalue weighted by Crippen LogP contribution is -2.43. The highest BCUT2D eigenvalue weighted by molar-refractivity contribution is 5.74. The summed E-state index contributed by atoms with van der Waals surface area (Å²) in [7, 11) is 7.79. The standard InChI is InChI=1S/C12H23N3O2/c1-13(2)7-12-8-15(11(16)14(3)4)5-10(12)6-17-9-12/h10H,5-9H2,1-4H3/t10-,12+/m1/s1. The maximum absolute atomic E-state index is 12.0. The summed E-state index contributed by atoms with van der Waals surface area (Å²) in [5, 5.41) is 0. The van der Waals surface area contributed by atoms with E-state index < -0.39 is 0 Å². The minimum Gasteiger partial charge on any atom is -0.380 e. The van der Waals surface area contributed by atoms with E-state index in [4.69, 9.17) is 4.74 Å². The van der Waals surface area contributed by atoms with Crippen molar-refractivity contribution in [2.24, 2.45) is 11.3 Å². The molecule has 2 aliphatic rings. The number of likely N-dealkylation sites (tertiary alicyclic amines) is 1. The van der Waals surface area contributed by atoms with Gasteiger partial charge in [0.25, 0.3) is 0 Å². The van der Waals surface area contributed by atoms with Crippen molar-refractivity contribution in [3.63, 3.8) is 0 Å². The van der Waals surface area contributed by atoms with E-state index in [0.29, 0.717) is 5.92 Å². The monoisotopic (exact) mass is 241 g/mol. The largest absolute Gasteiger partial charge is 0.380 e. The van der Waals surface area contributed by atoms with E-state index in [1.54, 1.807) is 4.90 Å². The van der Waals surface area contributed by atoms with Gasteiger partial charge >= 0.3 is 6.03 Å². The molecule has 0 aliphatic carbocycles. The molecule has 2 rings (SSSR count). The molecule has 2 atom stereocenters. The van der Waals surface area contributed by atoms with Gasteiger partial charge in [-0.3, -0.25) is 0 Å². The Morgan fingerprint density at radius 1 is 1.41 bits per heavy atom. The molecule has 0 bridgehead atoms. The van der Waals surface area contributed by atoms with Gasteiger partial charge in [0.15, 0.2) is 0 Å². The quantitative estimate of drug-likeness (QED) is 0.692. The molecule has 17 heavy (non-hydrogen) atoms. The fraction of sp³-hybridized carbons (Fsp3) is 0.917. The van der Waals surface area contributed by atoms with E-state index in [1.807, 2.05) is 19.0 Å². The number of ether oxygens (including phenoxy) is 1. The zero-order valence-corrected chi connectivity index (χ0v) is 11.3. The molecule has 0 aromatic heterocycles. The van der Waals surface area contributed by atoms with Crippen LogP contribution >= 0.6 is 0 Å². The van der Waals surface area contributed by atoms with Gasteiger partial charge in [-0.05, 0) is 14.1 Å². The molecule has 0 spiro atoms. The summed E-state index contributed by atoms with van der Waals surface area (Å²) in [6, 6.07) is 0.123. The second-order valence-electron chi connectivity index (χ2n) is 5.87. The van der Waals surface area contributed by atoms with Crippen molar-refractivity contribution >= 4 is 6.03 Å². The van der Waals surface area contributed by atoms with Crippen LogP contribution in [0, 0.1) is 11.3 Å². The molecule has 2 aliphatic heterocycles. The highest BCUT2D eigenvalue weighted by Gasteiger charge is 2.52. The molecule has 5 nitrogen and oxygen atoms in total. The molecule has 0 aromatic carbocycles. The summed E-state index contributed by atoms with van der Waals surface area (Å²) in [6.45, 7) is 4.24. The second kappa shape index (κ2) is 4.46. The number of hydrogen-bond donors (Lipinski definition) is 0. The second-order valence-corrected chi connectivity index (χ2v) is 5.87. The van der Waals surface area contributed by atoms with Crippen LogP contribution in [0.15, 0.2) is 0 Å². The number of rotatable bonds is 2. The van der Waals surface area contributed by atoms with Crippen LogP contribution in [0.5, 0.6) is 0 Å². The first-order valence-electron chi connectivity index (χ1n) is 6.13. The first-order chi connectivity index (χ1) is 7.94. The lowest BCUT2D eigenvalue weighted by atomic mass is 9.81. The van der Waals surface area contributed by atoms with Crippen molar-refractivity contribution in [2.45, 2.75) is 0 Å². The SMILES string of the molecule is CN(C)C[C@]12COC[C@H]1CN(C(=O)N(C)C)C2. The van der Waals surface area contributed by atoms with Crippen LogP contribution < -0.4 is 0 Å². The van der Waals surface area contributed by atoms with Crippen LogP contribution in [0.1, 0.15) is 0 Å². The van der Waals surface area contributed by atoms with E-state index in [1.165, 1.54) is 0 Å². The van der Waals surface area contributed by atoms with Crippen molar-refractivity contribution in [3.8, 4) is 0 Å². The summed E-state index contributed by atoms with van der Waals surface area (Å²) in [4.78, 5) is 17.8. The maximum atomic E-state index is 12.0. The van der Waals surface area contributed by atoms with Crippen molar-refractivity contribution < 1.29 is 9.53 Å². The van der Waals surface area contributed by atoms with Gasteiger partial charge in [0.1, 0.15) is 0 Å². The molecule has 0 radical (unpaired) electrons. The Morgan fingerprint density at radius 2 is 2.12 bits per heavy atom. The van der Waals surface area contributed by atoms with Gasteiger partial charge in [-0.15, -0.1) is 0 Å². The molecule has 5 heteroatoms. The third-order valence-electron chi connectivity index (χ3n) is 3.81. The average Bonchev–Trinajstić information content (AvgIpc) is 2.71. The van der Waals surface area contributed by atoms with Gasteiger partial charge in [0, 0.05) is 45.1 Å². The molecule has 0 N–H and O–H groups in total. The topological polar surface area (TPSA) is 36.0 Å². The Balaban J connectivity index is 2.09. The Labute approximate surface area is 103 Å². The molecule has 2 heterocycles. The Bertz CT molecular complexity index is 306. The summed E-state index contributed by atoms with van der Waals surface area (Å²) < 4.78 is 5.63. The van der Waals surface area contributed by atoms with Gasteiger partial charge in [-0.25, -0.2) is 4.79 Å². The lowest BCUT2D eigenvalue weighted by Gasteiger charge is -2.30. The number of carbonyl (C=O) groups excluding carboxylic acids is 1. The highest BCUT2D eigenvalue weighted by atomic mass is 16.5. The van der Waals surface area contributed by atoms with Gasteiger partial charge in [0.2, 0.25) is 0 Å². The molecular weight excluding hydrogens is 218 g/mol. The van der Waals surface area contributed by atoms with E-state index in [-0.39, 0.29) is 11.4 Å². The molecule has 2 amide bonds.